The predicted molar refractivity (Wildman–Crippen MR) is 71.9 cm³/mol. The van der Waals surface area contributed by atoms with Crippen molar-refractivity contribution in [3.05, 3.63) is 16.1 Å². The van der Waals surface area contributed by atoms with E-state index in [1.807, 2.05) is 0 Å². The first-order valence-electron chi connectivity index (χ1n) is 6.42. The summed E-state index contributed by atoms with van der Waals surface area (Å²) in [7, 11) is 0. The third kappa shape index (κ3) is 3.09. The molecule has 1 aliphatic rings. The number of aromatic nitrogens is 1. The maximum atomic E-state index is 11.1. The quantitative estimate of drug-likeness (QED) is 0.862. The Hall–Kier alpha value is -0.940. The van der Waals surface area contributed by atoms with E-state index in [-0.39, 0.29) is 0 Å². The lowest BCUT2D eigenvalue weighted by Crippen LogP contribution is -2.40. The highest BCUT2D eigenvalue weighted by atomic mass is 32.1. The highest BCUT2D eigenvalue weighted by Gasteiger charge is 2.35. The summed E-state index contributed by atoms with van der Waals surface area (Å²) >= 11 is 1.67. The fraction of sp³-hybridized carbons (Fsp3) is 0.692. The second kappa shape index (κ2) is 5.36. The zero-order valence-electron chi connectivity index (χ0n) is 11.1. The number of hydrogen-bond donors (Lipinski definition) is 1. The van der Waals surface area contributed by atoms with E-state index in [1.165, 1.54) is 0 Å². The van der Waals surface area contributed by atoms with Crippen molar-refractivity contribution < 1.29 is 9.90 Å². The van der Waals surface area contributed by atoms with Crippen LogP contribution in [-0.2, 0) is 11.3 Å². The van der Waals surface area contributed by atoms with Crippen LogP contribution in [0.25, 0.3) is 0 Å². The monoisotopic (exact) mass is 268 g/mol. The first-order chi connectivity index (χ1) is 8.49. The van der Waals surface area contributed by atoms with Crippen molar-refractivity contribution in [1.82, 2.24) is 9.88 Å². The van der Waals surface area contributed by atoms with Crippen LogP contribution in [0.1, 0.15) is 50.2 Å². The van der Waals surface area contributed by atoms with Gasteiger partial charge < -0.3 is 5.11 Å². The van der Waals surface area contributed by atoms with E-state index in [0.29, 0.717) is 18.5 Å². The second-order valence-electron chi connectivity index (χ2n) is 5.25. The molecule has 1 aromatic rings. The summed E-state index contributed by atoms with van der Waals surface area (Å²) in [6.45, 7) is 6.67. The summed E-state index contributed by atoms with van der Waals surface area (Å²) in [6, 6.07) is 0.00185. The van der Waals surface area contributed by atoms with Crippen LogP contribution in [0.15, 0.2) is 5.38 Å². The molecule has 0 amide bonds. The number of nitrogens with zero attached hydrogens (tertiary/aromatic N) is 2. The van der Waals surface area contributed by atoms with Crippen LogP contribution in [-0.4, -0.2) is 33.0 Å². The molecular weight excluding hydrogens is 248 g/mol. The molecule has 1 saturated carbocycles. The first-order valence-corrected chi connectivity index (χ1v) is 7.30. The number of carboxylic acid groups (broad SMARTS) is 1. The van der Waals surface area contributed by atoms with Gasteiger partial charge in [-0.05, 0) is 19.8 Å². The SMILES string of the molecule is CC(C)c1nc(CN(C2CC2)C(C)C(=O)O)cs1. The molecule has 1 N–H and O–H groups in total. The molecular formula is C13H20N2O2S. The molecule has 1 atom stereocenters. The van der Waals surface area contributed by atoms with Crippen molar-refractivity contribution in [2.75, 3.05) is 0 Å². The van der Waals surface area contributed by atoms with Gasteiger partial charge in [-0.2, -0.15) is 0 Å². The van der Waals surface area contributed by atoms with Crippen LogP contribution in [0.5, 0.6) is 0 Å². The van der Waals surface area contributed by atoms with Gasteiger partial charge in [0, 0.05) is 23.9 Å². The Morgan fingerprint density at radius 1 is 1.56 bits per heavy atom. The van der Waals surface area contributed by atoms with Gasteiger partial charge in [-0.15, -0.1) is 11.3 Å². The van der Waals surface area contributed by atoms with E-state index in [2.05, 4.69) is 29.1 Å². The Morgan fingerprint density at radius 3 is 2.67 bits per heavy atom. The molecule has 0 spiro atoms. The maximum Gasteiger partial charge on any atom is 0.320 e. The fourth-order valence-electron chi connectivity index (χ4n) is 1.98. The van der Waals surface area contributed by atoms with E-state index in [4.69, 9.17) is 5.11 Å². The molecule has 1 fully saturated rings. The van der Waals surface area contributed by atoms with Gasteiger partial charge in [0.2, 0.25) is 0 Å². The lowest BCUT2D eigenvalue weighted by molar-refractivity contribution is -0.143. The normalized spacial score (nSPS) is 17.4. The third-order valence-electron chi connectivity index (χ3n) is 3.28. The minimum absolute atomic E-state index is 0.429. The Morgan fingerprint density at radius 2 is 2.22 bits per heavy atom. The Bertz CT molecular complexity index is 426. The topological polar surface area (TPSA) is 53.4 Å². The molecule has 0 aromatic carbocycles. The highest BCUT2D eigenvalue weighted by Crippen LogP contribution is 2.31. The van der Waals surface area contributed by atoms with Crippen molar-refractivity contribution in [3.63, 3.8) is 0 Å². The van der Waals surface area contributed by atoms with Gasteiger partial charge >= 0.3 is 5.97 Å². The maximum absolute atomic E-state index is 11.1. The molecule has 18 heavy (non-hydrogen) atoms. The number of hydrogen-bond acceptors (Lipinski definition) is 4. The molecule has 1 heterocycles. The van der Waals surface area contributed by atoms with E-state index < -0.39 is 12.0 Å². The Kier molecular flexibility index (Phi) is 4.02. The number of rotatable bonds is 6. The number of thiazole rings is 1. The predicted octanol–water partition coefficient (Wildman–Crippen LogP) is 2.70. The van der Waals surface area contributed by atoms with Crippen LogP contribution in [0.3, 0.4) is 0 Å². The number of carboxylic acids is 1. The van der Waals surface area contributed by atoms with Gasteiger partial charge in [-0.3, -0.25) is 9.69 Å². The largest absolute Gasteiger partial charge is 0.480 e. The molecule has 1 aromatic heterocycles. The highest BCUT2D eigenvalue weighted by molar-refractivity contribution is 7.09. The summed E-state index contributed by atoms with van der Waals surface area (Å²) in [5, 5.41) is 12.3. The molecule has 2 rings (SSSR count). The third-order valence-corrected chi connectivity index (χ3v) is 4.47. The average molecular weight is 268 g/mol. The van der Waals surface area contributed by atoms with Crippen LogP contribution in [0.4, 0.5) is 0 Å². The first kappa shape index (κ1) is 13.5. The second-order valence-corrected chi connectivity index (χ2v) is 6.14. The molecule has 1 unspecified atom stereocenters. The summed E-state index contributed by atoms with van der Waals surface area (Å²) in [5.74, 6) is -0.309. The van der Waals surface area contributed by atoms with Crippen molar-refractivity contribution in [1.29, 1.82) is 0 Å². The van der Waals surface area contributed by atoms with E-state index in [9.17, 15) is 4.79 Å². The Labute approximate surface area is 112 Å². The van der Waals surface area contributed by atoms with Gasteiger partial charge in [-0.1, -0.05) is 13.8 Å². The van der Waals surface area contributed by atoms with Crippen molar-refractivity contribution in [2.24, 2.45) is 0 Å². The molecule has 1 aliphatic carbocycles. The minimum Gasteiger partial charge on any atom is -0.480 e. The molecule has 100 valence electrons. The standard InChI is InChI=1S/C13H20N2O2S/c1-8(2)12-14-10(7-18-12)6-15(11-4-5-11)9(3)13(16)17/h7-9,11H,4-6H2,1-3H3,(H,16,17). The van der Waals surface area contributed by atoms with Crippen LogP contribution in [0.2, 0.25) is 0 Å². The van der Waals surface area contributed by atoms with Crippen molar-refractivity contribution in [3.8, 4) is 0 Å². The molecule has 0 saturated heterocycles. The van der Waals surface area contributed by atoms with Gasteiger partial charge in [0.25, 0.3) is 0 Å². The Balaban J connectivity index is 2.06. The van der Waals surface area contributed by atoms with E-state index in [0.717, 1.165) is 23.5 Å². The molecule has 0 aliphatic heterocycles. The van der Waals surface area contributed by atoms with Gasteiger partial charge in [0.15, 0.2) is 0 Å². The zero-order chi connectivity index (χ0) is 13.3. The summed E-state index contributed by atoms with van der Waals surface area (Å²) in [4.78, 5) is 17.8. The minimum atomic E-state index is -0.749. The molecule has 0 bridgehead atoms. The van der Waals surface area contributed by atoms with Crippen LogP contribution < -0.4 is 0 Å². The van der Waals surface area contributed by atoms with Crippen LogP contribution in [0, 0.1) is 0 Å². The summed E-state index contributed by atoms with van der Waals surface area (Å²) in [5.41, 5.74) is 1.00. The van der Waals surface area contributed by atoms with Crippen molar-refractivity contribution in [2.45, 2.75) is 58.2 Å². The van der Waals surface area contributed by atoms with E-state index in [1.54, 1.807) is 18.3 Å². The van der Waals surface area contributed by atoms with Gasteiger partial charge in [-0.25, -0.2) is 4.98 Å². The number of aliphatic carboxylic acids is 1. The summed E-state index contributed by atoms with van der Waals surface area (Å²) in [6.07, 6.45) is 2.22. The lowest BCUT2D eigenvalue weighted by Gasteiger charge is -2.25. The fourth-order valence-corrected chi connectivity index (χ4v) is 2.80. The molecule has 5 heteroatoms. The molecule has 0 radical (unpaired) electrons. The van der Waals surface area contributed by atoms with Gasteiger partial charge in [0.1, 0.15) is 6.04 Å². The molecule has 4 nitrogen and oxygen atoms in total. The lowest BCUT2D eigenvalue weighted by atomic mass is 10.2. The zero-order valence-corrected chi connectivity index (χ0v) is 11.9. The van der Waals surface area contributed by atoms with Crippen LogP contribution >= 0.6 is 11.3 Å². The number of carbonyl (C=O) groups is 1. The summed E-state index contributed by atoms with van der Waals surface area (Å²) < 4.78 is 0. The van der Waals surface area contributed by atoms with Gasteiger partial charge in [0.05, 0.1) is 10.7 Å². The average Bonchev–Trinajstić information content (AvgIpc) is 3.03. The smallest absolute Gasteiger partial charge is 0.320 e. The van der Waals surface area contributed by atoms with E-state index >= 15 is 0 Å². The van der Waals surface area contributed by atoms with Crippen molar-refractivity contribution >= 4 is 17.3 Å².